The predicted octanol–water partition coefficient (Wildman–Crippen LogP) is 2.08. The van der Waals surface area contributed by atoms with Crippen molar-refractivity contribution < 1.29 is 19.1 Å². The van der Waals surface area contributed by atoms with E-state index in [2.05, 4.69) is 4.90 Å². The molecule has 1 aromatic carbocycles. The highest BCUT2D eigenvalue weighted by atomic mass is 16.6. The molecule has 0 radical (unpaired) electrons. The molecule has 0 bridgehead atoms. The van der Waals surface area contributed by atoms with E-state index in [-0.39, 0.29) is 18.6 Å². The molecule has 2 heterocycles. The van der Waals surface area contributed by atoms with Crippen molar-refractivity contribution in [3.8, 4) is 0 Å². The minimum Gasteiger partial charge on any atom is -0.447 e. The second kappa shape index (κ2) is 8.97. The zero-order valence-electron chi connectivity index (χ0n) is 14.6. The number of nitrogens with zero attached hydrogens (tertiary/aromatic N) is 2. The molecule has 0 N–H and O–H groups in total. The number of carbonyl (C=O) groups is 2. The summed E-state index contributed by atoms with van der Waals surface area (Å²) in [6, 6.07) is 9.70. The summed E-state index contributed by atoms with van der Waals surface area (Å²) < 4.78 is 10.4. The third-order valence-electron chi connectivity index (χ3n) is 4.76. The molecule has 2 aliphatic rings. The van der Waals surface area contributed by atoms with Gasteiger partial charge in [0.1, 0.15) is 6.61 Å². The van der Waals surface area contributed by atoms with Gasteiger partial charge in [-0.1, -0.05) is 30.3 Å². The molecular formula is C19H26N2O4. The van der Waals surface area contributed by atoms with E-state index in [9.17, 15) is 9.59 Å². The smallest absolute Gasteiger partial charge is 0.416 e. The number of morpholine rings is 1. The summed E-state index contributed by atoms with van der Waals surface area (Å²) >= 11 is 0. The largest absolute Gasteiger partial charge is 0.447 e. The van der Waals surface area contributed by atoms with Gasteiger partial charge in [-0.15, -0.1) is 0 Å². The first-order valence-corrected chi connectivity index (χ1v) is 9.07. The Morgan fingerprint density at radius 1 is 1.12 bits per heavy atom. The lowest BCUT2D eigenvalue weighted by Crippen LogP contribution is -2.40. The molecule has 3 rings (SSSR count). The lowest BCUT2D eigenvalue weighted by molar-refractivity contribution is -0.129. The van der Waals surface area contributed by atoms with Crippen LogP contribution in [0.1, 0.15) is 24.8 Å². The van der Waals surface area contributed by atoms with Crippen molar-refractivity contribution in [3.63, 3.8) is 0 Å². The van der Waals surface area contributed by atoms with Crippen molar-refractivity contribution in [2.45, 2.75) is 31.7 Å². The lowest BCUT2D eigenvalue weighted by atomic mass is 10.1. The maximum atomic E-state index is 12.5. The van der Waals surface area contributed by atoms with Gasteiger partial charge in [0.2, 0.25) is 5.91 Å². The fourth-order valence-corrected chi connectivity index (χ4v) is 3.36. The van der Waals surface area contributed by atoms with Crippen LogP contribution in [0.4, 0.5) is 4.79 Å². The predicted molar refractivity (Wildman–Crippen MR) is 93.2 cm³/mol. The van der Waals surface area contributed by atoms with Gasteiger partial charge in [-0.3, -0.25) is 9.69 Å². The van der Waals surface area contributed by atoms with E-state index in [4.69, 9.17) is 9.47 Å². The topological polar surface area (TPSA) is 59.1 Å². The monoisotopic (exact) mass is 346 g/mol. The van der Waals surface area contributed by atoms with Gasteiger partial charge in [-0.25, -0.2) is 9.69 Å². The maximum absolute atomic E-state index is 12.5. The van der Waals surface area contributed by atoms with Crippen LogP contribution in [0.5, 0.6) is 0 Å². The SMILES string of the molecule is O=C(CCCCN1CCOCC1)N1C(=O)OCC1Cc1ccccc1. The molecule has 6 nitrogen and oxygen atoms in total. The van der Waals surface area contributed by atoms with Crippen LogP contribution < -0.4 is 0 Å². The number of rotatable bonds is 7. The van der Waals surface area contributed by atoms with E-state index in [0.29, 0.717) is 12.8 Å². The standard InChI is InChI=1S/C19H26N2O4/c22-18(8-4-5-9-20-10-12-24-13-11-20)21-17(15-25-19(21)23)14-16-6-2-1-3-7-16/h1-3,6-7,17H,4-5,8-15H2. The molecule has 25 heavy (non-hydrogen) atoms. The van der Waals surface area contributed by atoms with Gasteiger partial charge in [0.25, 0.3) is 0 Å². The molecule has 2 amide bonds. The summed E-state index contributed by atoms with van der Waals surface area (Å²) in [5, 5.41) is 0. The fraction of sp³-hybridized carbons (Fsp3) is 0.579. The van der Waals surface area contributed by atoms with E-state index in [1.807, 2.05) is 30.3 Å². The van der Waals surface area contributed by atoms with Crippen LogP contribution in [-0.2, 0) is 20.7 Å². The van der Waals surface area contributed by atoms with Gasteiger partial charge in [-0.05, 0) is 31.4 Å². The van der Waals surface area contributed by atoms with Gasteiger partial charge in [0, 0.05) is 19.5 Å². The second-order valence-electron chi connectivity index (χ2n) is 6.60. The first-order valence-electron chi connectivity index (χ1n) is 9.07. The number of hydrogen-bond donors (Lipinski definition) is 0. The number of ether oxygens (including phenoxy) is 2. The normalized spacial score (nSPS) is 21.4. The fourth-order valence-electron chi connectivity index (χ4n) is 3.36. The third kappa shape index (κ3) is 5.03. The second-order valence-corrected chi connectivity index (χ2v) is 6.60. The van der Waals surface area contributed by atoms with Gasteiger partial charge in [-0.2, -0.15) is 0 Å². The molecule has 0 aliphatic carbocycles. The quantitative estimate of drug-likeness (QED) is 0.708. The highest BCUT2D eigenvalue weighted by molar-refractivity contribution is 5.93. The third-order valence-corrected chi connectivity index (χ3v) is 4.76. The molecule has 1 unspecified atom stereocenters. The summed E-state index contributed by atoms with van der Waals surface area (Å²) in [6.07, 6.45) is 2.28. The molecule has 0 saturated carbocycles. The van der Waals surface area contributed by atoms with Crippen LogP contribution in [0.15, 0.2) is 30.3 Å². The Morgan fingerprint density at radius 2 is 1.88 bits per heavy atom. The van der Waals surface area contributed by atoms with Crippen LogP contribution >= 0.6 is 0 Å². The number of imide groups is 1. The summed E-state index contributed by atoms with van der Waals surface area (Å²) in [4.78, 5) is 28.1. The number of unbranched alkanes of at least 4 members (excludes halogenated alkanes) is 1. The van der Waals surface area contributed by atoms with Crippen molar-refractivity contribution in [1.82, 2.24) is 9.80 Å². The molecule has 2 aliphatic heterocycles. The molecule has 2 saturated heterocycles. The van der Waals surface area contributed by atoms with Crippen molar-refractivity contribution >= 4 is 12.0 Å². The summed E-state index contributed by atoms with van der Waals surface area (Å²) in [5.41, 5.74) is 1.11. The Hall–Kier alpha value is -1.92. The van der Waals surface area contributed by atoms with Crippen molar-refractivity contribution in [2.24, 2.45) is 0 Å². The molecule has 6 heteroatoms. The summed E-state index contributed by atoms with van der Waals surface area (Å²) in [5.74, 6) is -0.120. The first kappa shape index (κ1) is 17.9. The molecule has 2 fully saturated rings. The Kier molecular flexibility index (Phi) is 6.42. The molecule has 0 aromatic heterocycles. The van der Waals surface area contributed by atoms with Gasteiger partial charge in [0.15, 0.2) is 0 Å². The lowest BCUT2D eigenvalue weighted by Gasteiger charge is -2.26. The van der Waals surface area contributed by atoms with Crippen LogP contribution in [0.2, 0.25) is 0 Å². The Bertz CT molecular complexity index is 572. The highest BCUT2D eigenvalue weighted by Crippen LogP contribution is 2.19. The Morgan fingerprint density at radius 3 is 2.64 bits per heavy atom. The van der Waals surface area contributed by atoms with Crippen LogP contribution in [-0.4, -0.2) is 67.3 Å². The number of cyclic esters (lactones) is 1. The van der Waals surface area contributed by atoms with Gasteiger partial charge < -0.3 is 9.47 Å². The number of carbonyl (C=O) groups excluding carboxylic acids is 2. The van der Waals surface area contributed by atoms with Crippen LogP contribution in [0.3, 0.4) is 0 Å². The van der Waals surface area contributed by atoms with E-state index in [0.717, 1.165) is 51.3 Å². The molecule has 1 atom stereocenters. The zero-order chi connectivity index (χ0) is 17.5. The van der Waals surface area contributed by atoms with Crippen molar-refractivity contribution in [3.05, 3.63) is 35.9 Å². The molecule has 1 aromatic rings. The number of hydrogen-bond acceptors (Lipinski definition) is 5. The van der Waals surface area contributed by atoms with E-state index < -0.39 is 6.09 Å². The van der Waals surface area contributed by atoms with E-state index in [1.165, 1.54) is 4.90 Å². The molecular weight excluding hydrogens is 320 g/mol. The van der Waals surface area contributed by atoms with Crippen molar-refractivity contribution in [2.75, 3.05) is 39.5 Å². The number of benzene rings is 1. The Labute approximate surface area is 148 Å². The maximum Gasteiger partial charge on any atom is 0.416 e. The average Bonchev–Trinajstić information content (AvgIpc) is 3.00. The van der Waals surface area contributed by atoms with E-state index in [1.54, 1.807) is 0 Å². The van der Waals surface area contributed by atoms with Crippen molar-refractivity contribution in [1.29, 1.82) is 0 Å². The minimum atomic E-state index is -0.501. The van der Waals surface area contributed by atoms with Gasteiger partial charge >= 0.3 is 6.09 Å². The molecule has 136 valence electrons. The van der Waals surface area contributed by atoms with Crippen LogP contribution in [0.25, 0.3) is 0 Å². The summed E-state index contributed by atoms with van der Waals surface area (Å²) in [7, 11) is 0. The number of amides is 2. The van der Waals surface area contributed by atoms with Crippen LogP contribution in [0, 0.1) is 0 Å². The zero-order valence-corrected chi connectivity index (χ0v) is 14.6. The highest BCUT2D eigenvalue weighted by Gasteiger charge is 2.37. The van der Waals surface area contributed by atoms with Gasteiger partial charge in [0.05, 0.1) is 19.3 Å². The average molecular weight is 346 g/mol. The first-order chi connectivity index (χ1) is 12.2. The van der Waals surface area contributed by atoms with E-state index >= 15 is 0 Å². The Balaban J connectivity index is 1.44. The molecule has 0 spiro atoms. The summed E-state index contributed by atoms with van der Waals surface area (Å²) in [6.45, 7) is 4.78. The minimum absolute atomic E-state index is 0.120.